The second-order valence-electron chi connectivity index (χ2n) is 6.95. The summed E-state index contributed by atoms with van der Waals surface area (Å²) in [6, 6.07) is 7.65. The highest BCUT2D eigenvalue weighted by Gasteiger charge is 2.22. The van der Waals surface area contributed by atoms with Gasteiger partial charge in [-0.1, -0.05) is 25.5 Å². The molecule has 1 aliphatic rings. The molecule has 0 unspecified atom stereocenters. The summed E-state index contributed by atoms with van der Waals surface area (Å²) in [5.74, 6) is 2.17. The van der Waals surface area contributed by atoms with E-state index in [9.17, 15) is 4.79 Å². The molecular formula is C21H24N4O3S. The fraction of sp³-hybridized carbons (Fsp3) is 0.381. The van der Waals surface area contributed by atoms with Gasteiger partial charge >= 0.3 is 0 Å². The molecule has 1 atom stereocenters. The van der Waals surface area contributed by atoms with Crippen LogP contribution in [0.1, 0.15) is 35.0 Å². The molecule has 152 valence electrons. The van der Waals surface area contributed by atoms with Crippen LogP contribution >= 0.6 is 11.3 Å². The predicted molar refractivity (Wildman–Crippen MR) is 114 cm³/mol. The average Bonchev–Trinajstić information content (AvgIpc) is 3.09. The quantitative estimate of drug-likeness (QED) is 0.575. The molecule has 8 heteroatoms. The fourth-order valence-corrected chi connectivity index (χ4v) is 4.32. The standard InChI is InChI=1S/C21H24N4O3S/c1-3-4-9-22-20(26)18-13(2)17-19(24-12-25-21(17)29-18)23-10-14-11-27-15-7-5-6-8-16(15)28-14/h5-8,12,14H,3-4,9-11H2,1-2H3,(H,22,26)(H,23,24,25)/t14-/m0/s1. The Bertz CT molecular complexity index is 1020. The van der Waals surface area contributed by atoms with Crippen molar-refractivity contribution in [1.82, 2.24) is 15.3 Å². The van der Waals surface area contributed by atoms with E-state index in [-0.39, 0.29) is 12.0 Å². The molecule has 0 spiro atoms. The van der Waals surface area contributed by atoms with Gasteiger partial charge in [0.05, 0.1) is 16.8 Å². The number of hydrogen-bond acceptors (Lipinski definition) is 7. The van der Waals surface area contributed by atoms with Gasteiger partial charge in [-0.05, 0) is 31.0 Å². The number of unbranched alkanes of at least 4 members (excludes halogenated alkanes) is 1. The van der Waals surface area contributed by atoms with Crippen molar-refractivity contribution in [1.29, 1.82) is 0 Å². The highest BCUT2D eigenvalue weighted by Crippen LogP contribution is 2.34. The molecule has 1 aliphatic heterocycles. The largest absolute Gasteiger partial charge is 0.486 e. The minimum atomic E-state index is -0.134. The lowest BCUT2D eigenvalue weighted by Crippen LogP contribution is -2.35. The van der Waals surface area contributed by atoms with Crippen molar-refractivity contribution in [2.75, 3.05) is 25.0 Å². The number of fused-ring (bicyclic) bond motifs is 2. The molecular weight excluding hydrogens is 388 g/mol. The van der Waals surface area contributed by atoms with Gasteiger partial charge in [-0.2, -0.15) is 0 Å². The van der Waals surface area contributed by atoms with Gasteiger partial charge in [0.25, 0.3) is 5.91 Å². The lowest BCUT2D eigenvalue weighted by Gasteiger charge is -2.26. The minimum absolute atomic E-state index is 0.0504. The van der Waals surface area contributed by atoms with E-state index in [2.05, 4.69) is 27.5 Å². The smallest absolute Gasteiger partial charge is 0.261 e. The predicted octanol–water partition coefficient (Wildman–Crippen LogP) is 3.78. The summed E-state index contributed by atoms with van der Waals surface area (Å²) in [6.45, 7) is 5.72. The molecule has 3 aromatic rings. The highest BCUT2D eigenvalue weighted by molar-refractivity contribution is 7.20. The molecule has 1 aromatic carbocycles. The Kier molecular flexibility index (Phi) is 5.80. The van der Waals surface area contributed by atoms with Gasteiger partial charge in [0, 0.05) is 6.54 Å². The van der Waals surface area contributed by atoms with Crippen LogP contribution in [0.4, 0.5) is 5.82 Å². The number of amides is 1. The maximum atomic E-state index is 12.5. The van der Waals surface area contributed by atoms with Crippen LogP contribution in [0.2, 0.25) is 0 Å². The number of nitrogens with zero attached hydrogens (tertiary/aromatic N) is 2. The first-order valence-corrected chi connectivity index (χ1v) is 10.6. The van der Waals surface area contributed by atoms with E-state index < -0.39 is 0 Å². The molecule has 4 rings (SSSR count). The topological polar surface area (TPSA) is 85.4 Å². The van der Waals surface area contributed by atoms with Crippen molar-refractivity contribution in [3.63, 3.8) is 0 Å². The van der Waals surface area contributed by atoms with Crippen molar-refractivity contribution < 1.29 is 14.3 Å². The normalized spacial score (nSPS) is 15.3. The Morgan fingerprint density at radius 2 is 2.10 bits per heavy atom. The lowest BCUT2D eigenvalue weighted by atomic mass is 10.2. The van der Waals surface area contributed by atoms with Crippen LogP contribution in [0.3, 0.4) is 0 Å². The number of ether oxygens (including phenoxy) is 2. The fourth-order valence-electron chi connectivity index (χ4n) is 3.26. The van der Waals surface area contributed by atoms with E-state index in [1.165, 1.54) is 17.7 Å². The van der Waals surface area contributed by atoms with Crippen molar-refractivity contribution in [3.05, 3.63) is 41.0 Å². The number of carbonyl (C=O) groups is 1. The number of aryl methyl sites for hydroxylation is 1. The number of nitrogens with one attached hydrogen (secondary N) is 2. The molecule has 3 heterocycles. The van der Waals surface area contributed by atoms with Gasteiger partial charge in [0.15, 0.2) is 11.5 Å². The van der Waals surface area contributed by atoms with E-state index in [1.807, 2.05) is 31.2 Å². The Hall–Kier alpha value is -2.87. The van der Waals surface area contributed by atoms with Crippen LogP contribution in [0.5, 0.6) is 11.5 Å². The van der Waals surface area contributed by atoms with Crippen LogP contribution in [-0.2, 0) is 0 Å². The number of benzene rings is 1. The molecule has 0 bridgehead atoms. The third-order valence-corrected chi connectivity index (χ3v) is 6.01. The number of para-hydroxylation sites is 2. The highest BCUT2D eigenvalue weighted by atomic mass is 32.1. The summed E-state index contributed by atoms with van der Waals surface area (Å²) in [5.41, 5.74) is 0.897. The first-order valence-electron chi connectivity index (χ1n) is 9.82. The summed E-state index contributed by atoms with van der Waals surface area (Å²) >= 11 is 1.40. The third-order valence-electron chi connectivity index (χ3n) is 4.81. The number of thiophene rings is 1. The van der Waals surface area contributed by atoms with Crippen LogP contribution in [-0.4, -0.2) is 41.7 Å². The Morgan fingerprint density at radius 1 is 1.28 bits per heavy atom. The zero-order valence-electron chi connectivity index (χ0n) is 16.5. The Morgan fingerprint density at radius 3 is 2.93 bits per heavy atom. The summed E-state index contributed by atoms with van der Waals surface area (Å²) in [7, 11) is 0. The number of rotatable bonds is 7. The Labute approximate surface area is 173 Å². The number of aromatic nitrogens is 2. The first kappa shape index (κ1) is 19.4. The van der Waals surface area contributed by atoms with Crippen LogP contribution in [0.15, 0.2) is 30.6 Å². The molecule has 1 amide bonds. The van der Waals surface area contributed by atoms with Crippen molar-refractivity contribution in [2.24, 2.45) is 0 Å². The van der Waals surface area contributed by atoms with Crippen molar-refractivity contribution >= 4 is 33.3 Å². The molecule has 0 aliphatic carbocycles. The van der Waals surface area contributed by atoms with E-state index in [1.54, 1.807) is 0 Å². The SMILES string of the molecule is CCCCNC(=O)c1sc2ncnc(NC[C@H]3COc4ccccc4O3)c2c1C. The number of carbonyl (C=O) groups excluding carboxylic acids is 1. The molecule has 29 heavy (non-hydrogen) atoms. The maximum absolute atomic E-state index is 12.5. The summed E-state index contributed by atoms with van der Waals surface area (Å²) in [4.78, 5) is 22.8. The van der Waals surface area contributed by atoms with E-state index >= 15 is 0 Å². The Balaban J connectivity index is 1.49. The van der Waals surface area contributed by atoms with Crippen LogP contribution in [0, 0.1) is 6.92 Å². The molecule has 0 fully saturated rings. The second kappa shape index (κ2) is 8.65. The number of hydrogen-bond donors (Lipinski definition) is 2. The zero-order chi connectivity index (χ0) is 20.2. The summed E-state index contributed by atoms with van der Waals surface area (Å²) < 4.78 is 11.8. The van der Waals surface area contributed by atoms with Gasteiger partial charge in [-0.25, -0.2) is 9.97 Å². The number of anilines is 1. The lowest BCUT2D eigenvalue weighted by molar-refractivity contribution is 0.0956. The molecule has 2 N–H and O–H groups in total. The second-order valence-corrected chi connectivity index (χ2v) is 7.95. The monoisotopic (exact) mass is 412 g/mol. The molecule has 0 radical (unpaired) electrons. The van der Waals surface area contributed by atoms with Crippen molar-refractivity contribution in [2.45, 2.75) is 32.8 Å². The molecule has 0 saturated heterocycles. The van der Waals surface area contributed by atoms with Gasteiger partial charge in [-0.15, -0.1) is 11.3 Å². The van der Waals surface area contributed by atoms with Gasteiger partial charge in [0.1, 0.15) is 29.7 Å². The summed E-state index contributed by atoms with van der Waals surface area (Å²) in [5, 5.41) is 7.22. The molecule has 7 nitrogen and oxygen atoms in total. The van der Waals surface area contributed by atoms with Gasteiger partial charge < -0.3 is 20.1 Å². The average molecular weight is 413 g/mol. The van der Waals surface area contributed by atoms with Crippen LogP contribution < -0.4 is 20.1 Å². The summed E-state index contributed by atoms with van der Waals surface area (Å²) in [6.07, 6.45) is 3.40. The third kappa shape index (κ3) is 4.12. The van der Waals surface area contributed by atoms with Crippen LogP contribution in [0.25, 0.3) is 10.2 Å². The minimum Gasteiger partial charge on any atom is -0.486 e. The molecule has 0 saturated carbocycles. The van der Waals surface area contributed by atoms with E-state index in [4.69, 9.17) is 9.47 Å². The van der Waals surface area contributed by atoms with E-state index in [0.717, 1.165) is 40.1 Å². The van der Waals surface area contributed by atoms with E-state index in [0.29, 0.717) is 30.4 Å². The van der Waals surface area contributed by atoms with Crippen molar-refractivity contribution in [3.8, 4) is 11.5 Å². The molecule has 2 aromatic heterocycles. The maximum Gasteiger partial charge on any atom is 0.261 e. The van der Waals surface area contributed by atoms with Gasteiger partial charge in [0.2, 0.25) is 0 Å². The first-order chi connectivity index (χ1) is 14.2. The zero-order valence-corrected chi connectivity index (χ0v) is 17.3. The van der Waals surface area contributed by atoms with Gasteiger partial charge in [-0.3, -0.25) is 4.79 Å².